The SMILES string of the molecule is Cc1cc(=O)c(C(=O)N(C)C)c(C=NNC(N)=O)n1C. The number of rotatable bonds is 3. The van der Waals surface area contributed by atoms with Gasteiger partial charge in [0.2, 0.25) is 0 Å². The van der Waals surface area contributed by atoms with Crippen molar-refractivity contribution in [3.8, 4) is 0 Å². The number of carbonyl (C=O) groups excluding carboxylic acids is 2. The largest absolute Gasteiger partial charge is 0.350 e. The number of carbonyl (C=O) groups is 2. The lowest BCUT2D eigenvalue weighted by Gasteiger charge is -2.16. The number of aryl methyl sites for hydroxylation is 1. The van der Waals surface area contributed by atoms with Crippen LogP contribution in [0.3, 0.4) is 0 Å². The van der Waals surface area contributed by atoms with Crippen molar-refractivity contribution in [1.82, 2.24) is 14.9 Å². The van der Waals surface area contributed by atoms with Gasteiger partial charge in [-0.25, -0.2) is 10.2 Å². The van der Waals surface area contributed by atoms with E-state index in [0.29, 0.717) is 11.4 Å². The molecule has 1 heterocycles. The number of aromatic nitrogens is 1. The molecule has 0 aliphatic heterocycles. The summed E-state index contributed by atoms with van der Waals surface area (Å²) >= 11 is 0. The van der Waals surface area contributed by atoms with Crippen LogP contribution in [0.25, 0.3) is 0 Å². The van der Waals surface area contributed by atoms with Crippen molar-refractivity contribution in [3.63, 3.8) is 0 Å². The summed E-state index contributed by atoms with van der Waals surface area (Å²) in [6.45, 7) is 1.73. The van der Waals surface area contributed by atoms with Crippen LogP contribution in [0.4, 0.5) is 4.79 Å². The Morgan fingerprint density at radius 3 is 2.55 bits per heavy atom. The van der Waals surface area contributed by atoms with Crippen molar-refractivity contribution in [3.05, 3.63) is 33.2 Å². The molecule has 1 rings (SSSR count). The molecule has 20 heavy (non-hydrogen) atoms. The number of primary amides is 1. The highest BCUT2D eigenvalue weighted by Gasteiger charge is 2.19. The lowest BCUT2D eigenvalue weighted by atomic mass is 10.1. The van der Waals surface area contributed by atoms with Gasteiger partial charge in [-0.1, -0.05) is 0 Å². The summed E-state index contributed by atoms with van der Waals surface area (Å²) in [7, 11) is 4.78. The van der Waals surface area contributed by atoms with Gasteiger partial charge in [0.15, 0.2) is 5.43 Å². The van der Waals surface area contributed by atoms with Gasteiger partial charge in [-0.15, -0.1) is 0 Å². The molecule has 8 heteroatoms. The molecule has 108 valence electrons. The molecule has 8 nitrogen and oxygen atoms in total. The van der Waals surface area contributed by atoms with Crippen LogP contribution >= 0.6 is 0 Å². The number of nitrogens with two attached hydrogens (primary N) is 1. The normalized spacial score (nSPS) is 10.6. The fraction of sp³-hybridized carbons (Fsp3) is 0.333. The van der Waals surface area contributed by atoms with E-state index >= 15 is 0 Å². The van der Waals surface area contributed by atoms with Crippen molar-refractivity contribution in [2.24, 2.45) is 17.9 Å². The van der Waals surface area contributed by atoms with E-state index in [0.717, 1.165) is 0 Å². The molecule has 0 fully saturated rings. The highest BCUT2D eigenvalue weighted by molar-refractivity contribution is 6.01. The molecule has 0 unspecified atom stereocenters. The van der Waals surface area contributed by atoms with Crippen LogP contribution in [-0.2, 0) is 7.05 Å². The standard InChI is InChI=1S/C12H17N5O3/c1-7-5-9(18)10(11(19)16(2)3)8(17(7)4)6-14-15-12(13)20/h5-6H,1-4H3,(H3,13,15,20). The van der Waals surface area contributed by atoms with Gasteiger partial charge < -0.3 is 15.2 Å². The molecule has 0 radical (unpaired) electrons. The fourth-order valence-electron chi connectivity index (χ4n) is 1.59. The molecular formula is C12H17N5O3. The molecule has 0 saturated carbocycles. The van der Waals surface area contributed by atoms with Gasteiger partial charge in [0.1, 0.15) is 5.56 Å². The number of hydrogen-bond acceptors (Lipinski definition) is 4. The molecule has 0 bridgehead atoms. The van der Waals surface area contributed by atoms with Crippen molar-refractivity contribution in [2.45, 2.75) is 6.92 Å². The molecule has 0 aliphatic carbocycles. The summed E-state index contributed by atoms with van der Waals surface area (Å²) < 4.78 is 1.63. The number of hydrazone groups is 1. The van der Waals surface area contributed by atoms with Gasteiger partial charge in [-0.05, 0) is 6.92 Å². The van der Waals surface area contributed by atoms with E-state index in [1.807, 2.05) is 5.43 Å². The van der Waals surface area contributed by atoms with Gasteiger partial charge in [-0.3, -0.25) is 9.59 Å². The Hall–Kier alpha value is -2.64. The van der Waals surface area contributed by atoms with Gasteiger partial charge in [-0.2, -0.15) is 5.10 Å². The smallest absolute Gasteiger partial charge is 0.332 e. The Morgan fingerprint density at radius 2 is 2.05 bits per heavy atom. The highest BCUT2D eigenvalue weighted by Crippen LogP contribution is 2.06. The third-order valence-corrected chi connectivity index (χ3v) is 2.71. The van der Waals surface area contributed by atoms with E-state index in [-0.39, 0.29) is 5.56 Å². The Kier molecular flexibility index (Phi) is 4.63. The molecule has 3 amide bonds. The molecular weight excluding hydrogens is 262 g/mol. The molecule has 0 atom stereocenters. The second-order valence-corrected chi connectivity index (χ2v) is 4.40. The van der Waals surface area contributed by atoms with E-state index in [2.05, 4.69) is 5.10 Å². The van der Waals surface area contributed by atoms with E-state index in [4.69, 9.17) is 5.73 Å². The maximum absolute atomic E-state index is 12.1. The minimum atomic E-state index is -0.834. The van der Waals surface area contributed by atoms with Crippen molar-refractivity contribution in [2.75, 3.05) is 14.1 Å². The first-order valence-corrected chi connectivity index (χ1v) is 5.76. The summed E-state index contributed by atoms with van der Waals surface area (Å²) in [5.74, 6) is -0.439. The molecule has 0 aromatic carbocycles. The molecule has 0 saturated heterocycles. The van der Waals surface area contributed by atoms with E-state index in [1.54, 1.807) is 32.6 Å². The zero-order valence-corrected chi connectivity index (χ0v) is 11.8. The molecule has 1 aromatic heterocycles. The second kappa shape index (κ2) is 6.00. The number of amides is 3. The van der Waals surface area contributed by atoms with Gasteiger partial charge in [0.05, 0.1) is 11.9 Å². The summed E-state index contributed by atoms with van der Waals surface area (Å²) in [5.41, 5.74) is 7.45. The van der Waals surface area contributed by atoms with Crippen LogP contribution in [0.5, 0.6) is 0 Å². The number of nitrogens with zero attached hydrogens (tertiary/aromatic N) is 3. The first-order chi connectivity index (χ1) is 9.25. The quantitative estimate of drug-likeness (QED) is 0.569. The molecule has 1 aromatic rings. The Balaban J connectivity index is 3.45. The van der Waals surface area contributed by atoms with Gasteiger partial charge in [0.25, 0.3) is 5.91 Å². The number of hydrogen-bond donors (Lipinski definition) is 2. The van der Waals surface area contributed by atoms with Crippen molar-refractivity contribution in [1.29, 1.82) is 0 Å². The maximum Gasteiger partial charge on any atom is 0.332 e. The predicted molar refractivity (Wildman–Crippen MR) is 74.8 cm³/mol. The lowest BCUT2D eigenvalue weighted by Crippen LogP contribution is -2.32. The van der Waals surface area contributed by atoms with E-state index in [9.17, 15) is 14.4 Å². The van der Waals surface area contributed by atoms with Crippen LogP contribution in [0, 0.1) is 6.92 Å². The maximum atomic E-state index is 12.1. The van der Waals surface area contributed by atoms with Crippen LogP contribution in [-0.4, -0.2) is 41.7 Å². The monoisotopic (exact) mass is 279 g/mol. The first-order valence-electron chi connectivity index (χ1n) is 5.76. The summed E-state index contributed by atoms with van der Waals surface area (Å²) in [5, 5.41) is 3.61. The number of urea groups is 1. The summed E-state index contributed by atoms with van der Waals surface area (Å²) in [6, 6.07) is 0.537. The van der Waals surface area contributed by atoms with Crippen LogP contribution in [0.1, 0.15) is 21.7 Å². The van der Waals surface area contributed by atoms with E-state index in [1.165, 1.54) is 17.2 Å². The zero-order chi connectivity index (χ0) is 15.4. The topological polar surface area (TPSA) is 110 Å². The Morgan fingerprint density at radius 1 is 1.45 bits per heavy atom. The highest BCUT2D eigenvalue weighted by atomic mass is 16.2. The van der Waals surface area contributed by atoms with Crippen LogP contribution in [0.15, 0.2) is 16.0 Å². The molecule has 3 N–H and O–H groups in total. The van der Waals surface area contributed by atoms with E-state index < -0.39 is 17.4 Å². The second-order valence-electron chi connectivity index (χ2n) is 4.40. The van der Waals surface area contributed by atoms with Crippen LogP contribution in [0.2, 0.25) is 0 Å². The average Bonchev–Trinajstić information content (AvgIpc) is 2.34. The minimum Gasteiger partial charge on any atom is -0.350 e. The molecule has 0 aliphatic rings. The number of nitrogens with one attached hydrogen (secondary N) is 1. The third kappa shape index (κ3) is 3.22. The Labute approximate surface area is 115 Å². The minimum absolute atomic E-state index is 0.0156. The van der Waals surface area contributed by atoms with Crippen molar-refractivity contribution < 1.29 is 9.59 Å². The Bertz CT molecular complexity index is 631. The first kappa shape index (κ1) is 15.4. The van der Waals surface area contributed by atoms with Crippen LogP contribution < -0.4 is 16.6 Å². The summed E-state index contributed by atoms with van der Waals surface area (Å²) in [6.07, 6.45) is 1.22. The molecule has 0 spiro atoms. The zero-order valence-electron chi connectivity index (χ0n) is 11.8. The summed E-state index contributed by atoms with van der Waals surface area (Å²) in [4.78, 5) is 36.0. The predicted octanol–water partition coefficient (Wildman–Crippen LogP) is -0.602. The van der Waals surface area contributed by atoms with Gasteiger partial charge in [0, 0.05) is 32.9 Å². The van der Waals surface area contributed by atoms with Crippen molar-refractivity contribution >= 4 is 18.2 Å². The lowest BCUT2D eigenvalue weighted by molar-refractivity contribution is 0.0825. The number of pyridine rings is 1. The average molecular weight is 279 g/mol. The third-order valence-electron chi connectivity index (χ3n) is 2.71. The fourth-order valence-corrected chi connectivity index (χ4v) is 1.59. The van der Waals surface area contributed by atoms with Gasteiger partial charge >= 0.3 is 6.03 Å².